The second kappa shape index (κ2) is 16.5. The zero-order valence-corrected chi connectivity index (χ0v) is 27.5. The highest BCUT2D eigenvalue weighted by molar-refractivity contribution is 5.72. The maximum absolute atomic E-state index is 13.4. The molecule has 3 heterocycles. The Morgan fingerprint density at radius 2 is 1.44 bits per heavy atom. The van der Waals surface area contributed by atoms with Crippen LogP contribution >= 0.6 is 0 Å². The van der Waals surface area contributed by atoms with Crippen LogP contribution < -0.4 is 5.73 Å². The highest BCUT2D eigenvalue weighted by atomic mass is 16.7. The average molecular weight is 628 g/mol. The summed E-state index contributed by atoms with van der Waals surface area (Å²) < 4.78 is 25.6. The van der Waals surface area contributed by atoms with E-state index >= 15 is 0 Å². The average Bonchev–Trinajstić information content (AvgIpc) is 3.61. The first kappa shape index (κ1) is 35.8. The lowest BCUT2D eigenvalue weighted by Gasteiger charge is -2.29. The van der Waals surface area contributed by atoms with E-state index in [1.807, 2.05) is 41.5 Å². The van der Waals surface area contributed by atoms with E-state index in [9.17, 15) is 19.6 Å². The molecule has 1 fully saturated rings. The van der Waals surface area contributed by atoms with Crippen molar-refractivity contribution in [2.24, 2.45) is 17.8 Å². The van der Waals surface area contributed by atoms with Crippen molar-refractivity contribution in [2.45, 2.75) is 123 Å². The number of nitrogen functional groups attached to an aromatic ring is 1. The van der Waals surface area contributed by atoms with Gasteiger partial charge in [0.15, 0.2) is 18.0 Å². The molecule has 12 nitrogen and oxygen atoms in total. The minimum Gasteiger partial charge on any atom is -0.463 e. The number of carbonyl (C=O) groups is 3. The largest absolute Gasteiger partial charge is 0.463 e. The Labute approximate surface area is 265 Å². The standard InChI is InChI=1S/C33H49N5O7/c1-7-21(8-2)15-27(39)42-18-25-30(43-28(40)16-22(9-3)10-4)31(44-29(41)17-23(11-5)12-6)33(19-34,45-25)26-14-13-24-32(35)36-20-37-38(24)26/h13-14,20-23,25,30-31H,7-12,15-18H2,1-6H3,(H2,35,36,37)/t25-,30-,31-,33+/m1/s1. The van der Waals surface area contributed by atoms with Gasteiger partial charge in [-0.05, 0) is 29.9 Å². The number of carbonyl (C=O) groups excluding carboxylic acids is 3. The molecule has 1 aliphatic rings. The highest BCUT2D eigenvalue weighted by Crippen LogP contribution is 2.44. The van der Waals surface area contributed by atoms with Gasteiger partial charge >= 0.3 is 17.9 Å². The minimum absolute atomic E-state index is 0.0654. The van der Waals surface area contributed by atoms with Gasteiger partial charge in [-0.15, -0.1) is 0 Å². The fourth-order valence-electron chi connectivity index (χ4n) is 5.87. The molecule has 3 rings (SSSR count). The molecule has 2 aromatic rings. The van der Waals surface area contributed by atoms with E-state index in [-0.39, 0.29) is 55.1 Å². The van der Waals surface area contributed by atoms with Gasteiger partial charge < -0.3 is 24.7 Å². The second-order valence-electron chi connectivity index (χ2n) is 11.9. The molecule has 45 heavy (non-hydrogen) atoms. The molecular formula is C33H49N5O7. The zero-order chi connectivity index (χ0) is 33.1. The van der Waals surface area contributed by atoms with E-state index in [2.05, 4.69) is 16.2 Å². The summed E-state index contributed by atoms with van der Waals surface area (Å²) in [5.41, 5.74) is 4.72. The third-order valence-electron chi connectivity index (χ3n) is 9.20. The molecule has 0 amide bonds. The first-order valence-electron chi connectivity index (χ1n) is 16.3. The molecule has 0 spiro atoms. The monoisotopic (exact) mass is 627 g/mol. The van der Waals surface area contributed by atoms with E-state index in [0.717, 1.165) is 38.5 Å². The van der Waals surface area contributed by atoms with Crippen LogP contribution in [0.25, 0.3) is 5.52 Å². The summed E-state index contributed by atoms with van der Waals surface area (Å²) in [7, 11) is 0. The summed E-state index contributed by atoms with van der Waals surface area (Å²) in [6, 6.07) is 5.43. The first-order valence-corrected chi connectivity index (χ1v) is 16.3. The molecule has 12 heteroatoms. The fourth-order valence-corrected chi connectivity index (χ4v) is 5.87. The molecule has 1 saturated heterocycles. The molecule has 0 bridgehead atoms. The van der Waals surface area contributed by atoms with Gasteiger partial charge in [-0.3, -0.25) is 14.4 Å². The summed E-state index contributed by atoms with van der Waals surface area (Å²) in [6.07, 6.45) is 2.66. The number of hydrogen-bond acceptors (Lipinski definition) is 11. The van der Waals surface area contributed by atoms with Crippen LogP contribution in [0.5, 0.6) is 0 Å². The van der Waals surface area contributed by atoms with Crippen LogP contribution in [0, 0.1) is 29.1 Å². The van der Waals surface area contributed by atoms with Crippen molar-refractivity contribution in [1.29, 1.82) is 5.26 Å². The maximum Gasteiger partial charge on any atom is 0.306 e. The predicted molar refractivity (Wildman–Crippen MR) is 166 cm³/mol. The number of nitriles is 1. The van der Waals surface area contributed by atoms with Crippen molar-refractivity contribution >= 4 is 29.2 Å². The Bertz CT molecular complexity index is 1330. The van der Waals surface area contributed by atoms with Crippen molar-refractivity contribution in [3.05, 3.63) is 24.2 Å². The number of ether oxygens (including phenoxy) is 4. The quantitative estimate of drug-likeness (QED) is 0.179. The predicted octanol–water partition coefficient (Wildman–Crippen LogP) is 5.27. The highest BCUT2D eigenvalue weighted by Gasteiger charge is 2.62. The van der Waals surface area contributed by atoms with Gasteiger partial charge in [-0.25, -0.2) is 9.50 Å². The number of aromatic nitrogens is 3. The Morgan fingerprint density at radius 3 is 1.98 bits per heavy atom. The van der Waals surface area contributed by atoms with Crippen molar-refractivity contribution in [2.75, 3.05) is 12.3 Å². The lowest BCUT2D eigenvalue weighted by Crippen LogP contribution is -2.46. The summed E-state index contributed by atoms with van der Waals surface area (Å²) in [5, 5.41) is 15.1. The Balaban J connectivity index is 2.09. The molecule has 1 aliphatic heterocycles. The topological polar surface area (TPSA) is 168 Å². The van der Waals surface area contributed by atoms with Gasteiger partial charge in [-0.2, -0.15) is 10.4 Å². The summed E-state index contributed by atoms with van der Waals surface area (Å²) in [6.45, 7) is 11.7. The molecule has 0 aliphatic carbocycles. The minimum atomic E-state index is -1.98. The van der Waals surface area contributed by atoms with E-state index in [1.54, 1.807) is 12.1 Å². The van der Waals surface area contributed by atoms with Crippen molar-refractivity contribution in [3.8, 4) is 6.07 Å². The maximum atomic E-state index is 13.4. The van der Waals surface area contributed by atoms with Crippen LogP contribution in [0.15, 0.2) is 18.5 Å². The van der Waals surface area contributed by atoms with Crippen molar-refractivity contribution < 1.29 is 33.3 Å². The number of hydrogen-bond donors (Lipinski definition) is 1. The van der Waals surface area contributed by atoms with Gasteiger partial charge in [0.1, 0.15) is 30.6 Å². The number of nitrogens with two attached hydrogens (primary N) is 1. The van der Waals surface area contributed by atoms with E-state index in [1.165, 1.54) is 10.8 Å². The molecule has 248 valence electrons. The third-order valence-corrected chi connectivity index (χ3v) is 9.20. The number of fused-ring (bicyclic) bond motifs is 1. The number of rotatable bonds is 17. The van der Waals surface area contributed by atoms with E-state index in [4.69, 9.17) is 24.7 Å². The SMILES string of the molecule is CCC(CC)CC(=O)OC[C@H]1O[C@@](C#N)(c2ccc3c(N)ncnn23)[C@H](OC(=O)CC(CC)CC)[C@@H]1OC(=O)CC(CC)CC. The van der Waals surface area contributed by atoms with Gasteiger partial charge in [-0.1, -0.05) is 80.1 Å². The van der Waals surface area contributed by atoms with Crippen LogP contribution in [-0.4, -0.2) is 57.4 Å². The van der Waals surface area contributed by atoms with Crippen molar-refractivity contribution in [1.82, 2.24) is 14.6 Å². The lowest BCUT2D eigenvalue weighted by molar-refractivity contribution is -0.171. The van der Waals surface area contributed by atoms with E-state index < -0.39 is 41.8 Å². The molecule has 2 N–H and O–H groups in total. The molecule has 0 radical (unpaired) electrons. The van der Waals surface area contributed by atoms with Crippen LogP contribution in [0.3, 0.4) is 0 Å². The molecule has 4 atom stereocenters. The Kier molecular flexibility index (Phi) is 13.2. The van der Waals surface area contributed by atoms with Crippen molar-refractivity contribution in [3.63, 3.8) is 0 Å². The van der Waals surface area contributed by atoms with Gasteiger partial charge in [0.05, 0.1) is 5.69 Å². The molecular weight excluding hydrogens is 578 g/mol. The molecule has 0 unspecified atom stereocenters. The van der Waals surface area contributed by atoms with Crippen LogP contribution in [0.2, 0.25) is 0 Å². The van der Waals surface area contributed by atoms with Crippen LogP contribution in [0.4, 0.5) is 5.82 Å². The van der Waals surface area contributed by atoms with Gasteiger partial charge in [0.25, 0.3) is 0 Å². The van der Waals surface area contributed by atoms with E-state index in [0.29, 0.717) is 5.52 Å². The molecule has 0 aromatic carbocycles. The first-order chi connectivity index (χ1) is 21.6. The Morgan fingerprint density at radius 1 is 0.911 bits per heavy atom. The normalized spacial score (nSPS) is 21.4. The summed E-state index contributed by atoms with van der Waals surface area (Å²) in [5.74, 6) is -1.03. The molecule has 0 saturated carbocycles. The zero-order valence-electron chi connectivity index (χ0n) is 27.5. The van der Waals surface area contributed by atoms with Crippen LogP contribution in [0.1, 0.15) is 105 Å². The van der Waals surface area contributed by atoms with Gasteiger partial charge in [0.2, 0.25) is 5.60 Å². The lowest BCUT2D eigenvalue weighted by atomic mass is 9.91. The second-order valence-corrected chi connectivity index (χ2v) is 11.9. The van der Waals surface area contributed by atoms with Crippen LogP contribution in [-0.2, 0) is 38.9 Å². The third kappa shape index (κ3) is 8.31. The molecule has 2 aromatic heterocycles. The smallest absolute Gasteiger partial charge is 0.306 e. The fraction of sp³-hybridized carbons (Fsp3) is 0.697. The number of nitrogens with zero attached hydrogens (tertiary/aromatic N) is 4. The summed E-state index contributed by atoms with van der Waals surface area (Å²) in [4.78, 5) is 43.6. The number of anilines is 1. The summed E-state index contributed by atoms with van der Waals surface area (Å²) >= 11 is 0. The number of esters is 3. The van der Waals surface area contributed by atoms with Gasteiger partial charge in [0, 0.05) is 19.3 Å². The Hall–Kier alpha value is -3.72.